The van der Waals surface area contributed by atoms with Gasteiger partial charge in [0.1, 0.15) is 5.78 Å². The van der Waals surface area contributed by atoms with Crippen LogP contribution >= 0.6 is 11.3 Å². The average Bonchev–Trinajstić information content (AvgIpc) is 3.63. The molecule has 0 amide bonds. The summed E-state index contributed by atoms with van der Waals surface area (Å²) in [4.78, 5) is 36.2. The van der Waals surface area contributed by atoms with E-state index in [2.05, 4.69) is 20.0 Å². The Morgan fingerprint density at radius 2 is 1.05 bits per heavy atom. The Bertz CT molecular complexity index is 793. The fourth-order valence-corrected chi connectivity index (χ4v) is 4.73. The van der Waals surface area contributed by atoms with Gasteiger partial charge in [-0.1, -0.05) is 57.8 Å². The molecular weight excluding hydrogens is 590 g/mol. The molecule has 1 aliphatic carbocycles. The molecule has 0 unspecified atom stereocenters. The van der Waals surface area contributed by atoms with Crippen LogP contribution in [0.3, 0.4) is 0 Å². The van der Waals surface area contributed by atoms with Crippen molar-refractivity contribution in [3.8, 4) is 0 Å². The molecule has 0 atom stereocenters. The number of unbranched alkanes of at least 4 members (excludes halogenated alkanes) is 10. The summed E-state index contributed by atoms with van der Waals surface area (Å²) in [6.07, 6.45) is 21.6. The van der Waals surface area contributed by atoms with Crippen LogP contribution < -0.4 is 0 Å². The normalized spacial score (nSPS) is 11.7. The quantitative estimate of drug-likeness (QED) is 0.0865. The topological polar surface area (TPSA) is 131 Å². The van der Waals surface area contributed by atoms with Crippen LogP contribution in [-0.2, 0) is 50.1 Å². The summed E-state index contributed by atoms with van der Waals surface area (Å²) in [6, 6.07) is 3.50. The maximum absolute atomic E-state index is 12.2. The molecule has 1 heterocycles. The minimum absolute atomic E-state index is 0. The number of hydrogen-bond donors (Lipinski definition) is 1. The van der Waals surface area contributed by atoms with Gasteiger partial charge < -0.3 is 5.11 Å². The number of carbonyl (C=O) groups is 3. The molecule has 1 fully saturated rings. The van der Waals surface area contributed by atoms with E-state index in [9.17, 15) is 14.4 Å². The number of rotatable bonds is 18. The first-order valence-electron chi connectivity index (χ1n) is 12.3. The number of carbonyl (C=O) groups excluding carboxylic acids is 2. The molecule has 1 saturated carbocycles. The summed E-state index contributed by atoms with van der Waals surface area (Å²) < 4.78 is 22.5. The van der Waals surface area contributed by atoms with Gasteiger partial charge in [0.25, 0.3) is 0 Å². The minimum atomic E-state index is -0.859. The van der Waals surface area contributed by atoms with Gasteiger partial charge in [-0.3, -0.25) is 14.4 Å². The van der Waals surface area contributed by atoms with Gasteiger partial charge in [-0.2, -0.15) is 0 Å². The van der Waals surface area contributed by atoms with Crippen molar-refractivity contribution in [1.29, 1.82) is 0 Å². The second-order valence-electron chi connectivity index (χ2n) is 8.25. The summed E-state index contributed by atoms with van der Waals surface area (Å²) in [6.45, 7) is 13.5. The second kappa shape index (κ2) is 29.9. The van der Waals surface area contributed by atoms with Gasteiger partial charge in [0, 0.05) is 23.6 Å². The molecule has 1 aromatic rings. The number of carboxylic acid groups (broad SMARTS) is 1. The molecule has 0 aliphatic heterocycles. The van der Waals surface area contributed by atoms with Gasteiger partial charge in [-0.05, 0) is 50.7 Å². The summed E-state index contributed by atoms with van der Waals surface area (Å²) >= 11 is 1.31. The van der Waals surface area contributed by atoms with E-state index in [-0.39, 0.29) is 38.1 Å². The zero-order chi connectivity index (χ0) is 28.3. The Balaban J connectivity index is -0.00000163. The van der Waals surface area contributed by atoms with E-state index < -0.39 is 5.97 Å². The Morgan fingerprint density at radius 3 is 1.47 bits per heavy atom. The Labute approximate surface area is 245 Å². The van der Waals surface area contributed by atoms with Gasteiger partial charge >= 0.3 is 60.0 Å². The van der Waals surface area contributed by atoms with Gasteiger partial charge in [0.2, 0.25) is 0 Å². The van der Waals surface area contributed by atoms with Crippen molar-refractivity contribution in [2.75, 3.05) is 0 Å². The van der Waals surface area contributed by atoms with E-state index in [1.165, 1.54) is 56.3 Å². The fraction of sp³-hybridized carbons (Fsp3) is 0.483. The van der Waals surface area contributed by atoms with Crippen molar-refractivity contribution in [3.63, 3.8) is 0 Å². The van der Waals surface area contributed by atoms with Crippen LogP contribution in [0.15, 0.2) is 12.1 Å². The molecule has 5 radical (unpaired) electrons. The van der Waals surface area contributed by atoms with Gasteiger partial charge in [0.05, 0.1) is 11.3 Å². The van der Waals surface area contributed by atoms with E-state index in [1.807, 2.05) is 25.7 Å². The number of aliphatic carboxylic acids is 1. The first-order valence-corrected chi connectivity index (χ1v) is 13.1. The number of Topliss-reactive ketones (excluding diaryl/α,β-unsaturated/α-hetero) is 2. The van der Waals surface area contributed by atoms with Crippen LogP contribution in [0.5, 0.6) is 0 Å². The van der Waals surface area contributed by atoms with Crippen molar-refractivity contribution in [2.45, 2.75) is 89.9 Å². The predicted octanol–water partition coefficient (Wildman–Crippen LogP) is 6.49. The standard InChI is InChI=1S/C26H35O4S.3CO.Tc/c27-23(21-14-12-13-15-21)16-10-8-6-4-2-1-3-5-7-9-11-17-24(28)25-19-18-22(31-25)20-26(29)30;3*1-2;/h12-15,18-19H,1-11,16-17,20H2,(H,29,30);;;;/q;;;;+7/i;;;;1+0. The molecule has 0 saturated heterocycles. The monoisotopic (exact) mass is 625 g/mol. The van der Waals surface area contributed by atoms with E-state index in [0.29, 0.717) is 17.7 Å². The third-order valence-electron chi connectivity index (χ3n) is 5.55. The van der Waals surface area contributed by atoms with E-state index in [0.717, 1.165) is 36.5 Å². The third kappa shape index (κ3) is 21.3. The summed E-state index contributed by atoms with van der Waals surface area (Å²) in [5, 5.41) is 8.80. The first kappa shape index (κ1) is 40.9. The average molecular weight is 626 g/mol. The van der Waals surface area contributed by atoms with Gasteiger partial charge in [-0.25, -0.2) is 0 Å². The zero-order valence-corrected chi connectivity index (χ0v) is 24.2. The van der Waals surface area contributed by atoms with Crippen LogP contribution in [0, 0.1) is 51.6 Å². The SMILES string of the molecule is O=C(O)Cc1ccc(C(=O)CCCCCCCCCCCCCC(=O)[C]2[CH][CH][CH][CH]2)s1.[98Tc+7].[C-]#[O+].[C-]#[O+].[C-]#[O+]. The Hall–Kier alpha value is -1.62. The van der Waals surface area contributed by atoms with Crippen LogP contribution in [0.2, 0.25) is 0 Å². The van der Waals surface area contributed by atoms with E-state index in [1.54, 1.807) is 12.1 Å². The van der Waals surface area contributed by atoms with Crippen molar-refractivity contribution < 1.29 is 53.6 Å². The van der Waals surface area contributed by atoms with E-state index >= 15 is 0 Å². The number of hydrogen-bond acceptors (Lipinski definition) is 4. The number of thiophene rings is 1. The number of ketones is 2. The zero-order valence-electron chi connectivity index (χ0n) is 21.5. The molecule has 0 bridgehead atoms. The van der Waals surface area contributed by atoms with Gasteiger partial charge in [-0.15, -0.1) is 11.3 Å². The van der Waals surface area contributed by atoms with Crippen molar-refractivity contribution in [3.05, 3.63) is 73.4 Å². The predicted molar refractivity (Wildman–Crippen MR) is 137 cm³/mol. The van der Waals surface area contributed by atoms with Crippen molar-refractivity contribution >= 4 is 28.9 Å². The molecule has 38 heavy (non-hydrogen) atoms. The summed E-state index contributed by atoms with van der Waals surface area (Å²) in [5.41, 5.74) is 0. The van der Waals surface area contributed by atoms with Crippen LogP contribution in [0.25, 0.3) is 0 Å². The van der Waals surface area contributed by atoms with Crippen LogP contribution in [0.4, 0.5) is 0 Å². The summed E-state index contributed by atoms with van der Waals surface area (Å²) in [7, 11) is 0. The second-order valence-corrected chi connectivity index (χ2v) is 9.41. The number of carboxylic acids is 1. The molecule has 7 nitrogen and oxygen atoms in total. The Kier molecular flexibility index (Phi) is 32.2. The molecule has 1 aliphatic rings. The Morgan fingerprint density at radius 1 is 0.658 bits per heavy atom. The molecule has 199 valence electrons. The molecule has 0 spiro atoms. The van der Waals surface area contributed by atoms with Crippen molar-refractivity contribution in [2.24, 2.45) is 0 Å². The van der Waals surface area contributed by atoms with Crippen LogP contribution in [0.1, 0.15) is 98.0 Å². The van der Waals surface area contributed by atoms with Gasteiger partial charge in [0.15, 0.2) is 5.78 Å². The maximum atomic E-state index is 12.2. The third-order valence-corrected chi connectivity index (χ3v) is 6.68. The molecule has 2 rings (SSSR count). The molecular formula is C29H35O7STc+7. The molecule has 0 aromatic carbocycles. The van der Waals surface area contributed by atoms with E-state index in [4.69, 9.17) is 19.1 Å². The molecule has 1 aromatic heterocycles. The molecule has 9 heteroatoms. The van der Waals surface area contributed by atoms with Crippen LogP contribution in [-0.4, -0.2) is 22.6 Å². The fourth-order valence-electron chi connectivity index (χ4n) is 3.76. The molecule has 1 N–H and O–H groups in total. The first-order chi connectivity index (χ1) is 18.1. The van der Waals surface area contributed by atoms with Crippen molar-refractivity contribution in [1.82, 2.24) is 0 Å². The summed E-state index contributed by atoms with van der Waals surface area (Å²) in [5.74, 6) is 0.394.